The SMILES string of the molecule is Cn1c(=Nc2ccc(C3CCC(F)(F)CC3)cc2)n(Cc2ccc(CO)cc2)c2cc(CO)ccc21. The number of benzene rings is 3. The largest absolute Gasteiger partial charge is 0.392 e. The van der Waals surface area contributed by atoms with E-state index in [9.17, 15) is 19.0 Å². The number of fused-ring (bicyclic) bond motifs is 1. The highest BCUT2D eigenvalue weighted by Crippen LogP contribution is 2.41. The van der Waals surface area contributed by atoms with E-state index < -0.39 is 5.92 Å². The van der Waals surface area contributed by atoms with Crippen LogP contribution in [0.5, 0.6) is 0 Å². The first kappa shape index (κ1) is 24.4. The molecule has 1 aromatic heterocycles. The lowest BCUT2D eigenvalue weighted by atomic mass is 9.82. The predicted molar refractivity (Wildman–Crippen MR) is 136 cm³/mol. The lowest BCUT2D eigenvalue weighted by molar-refractivity contribution is -0.0382. The van der Waals surface area contributed by atoms with E-state index in [2.05, 4.69) is 4.57 Å². The van der Waals surface area contributed by atoms with Crippen LogP contribution in [0.15, 0.2) is 71.7 Å². The predicted octanol–water partition coefficient (Wildman–Crippen LogP) is 5.54. The minimum Gasteiger partial charge on any atom is -0.392 e. The Bertz CT molecular complexity index is 1410. The number of aliphatic hydroxyl groups excluding tert-OH is 2. The Labute approximate surface area is 209 Å². The van der Waals surface area contributed by atoms with Gasteiger partial charge in [0.15, 0.2) is 0 Å². The van der Waals surface area contributed by atoms with Gasteiger partial charge in [-0.2, -0.15) is 0 Å². The molecule has 1 aliphatic rings. The van der Waals surface area contributed by atoms with Crippen molar-refractivity contribution in [3.8, 4) is 0 Å². The molecule has 0 spiro atoms. The van der Waals surface area contributed by atoms with E-state index in [1.54, 1.807) is 0 Å². The summed E-state index contributed by atoms with van der Waals surface area (Å²) in [6, 6.07) is 21.7. The van der Waals surface area contributed by atoms with Crippen LogP contribution in [0.3, 0.4) is 0 Å². The molecule has 5 nitrogen and oxygen atoms in total. The molecule has 5 rings (SSSR count). The number of rotatable bonds is 6. The van der Waals surface area contributed by atoms with E-state index in [0.717, 1.165) is 44.6 Å². The molecule has 3 aromatic carbocycles. The van der Waals surface area contributed by atoms with Crippen molar-refractivity contribution < 1.29 is 19.0 Å². The van der Waals surface area contributed by atoms with Crippen molar-refractivity contribution in [1.29, 1.82) is 0 Å². The second-order valence-corrected chi connectivity index (χ2v) is 9.73. The monoisotopic (exact) mass is 491 g/mol. The molecule has 7 heteroatoms. The first-order valence-corrected chi connectivity index (χ1v) is 12.4. The summed E-state index contributed by atoms with van der Waals surface area (Å²) in [5.41, 5.74) is 7.36. The Morgan fingerprint density at radius 3 is 2.08 bits per heavy atom. The first-order chi connectivity index (χ1) is 17.4. The van der Waals surface area contributed by atoms with Gasteiger partial charge in [0.25, 0.3) is 0 Å². The lowest BCUT2D eigenvalue weighted by Gasteiger charge is -2.28. The number of aromatic nitrogens is 2. The lowest BCUT2D eigenvalue weighted by Crippen LogP contribution is -2.24. The highest BCUT2D eigenvalue weighted by atomic mass is 19.3. The molecule has 0 saturated heterocycles. The number of aryl methyl sites for hydroxylation is 1. The van der Waals surface area contributed by atoms with E-state index in [1.165, 1.54) is 0 Å². The summed E-state index contributed by atoms with van der Waals surface area (Å²) in [5.74, 6) is -2.36. The molecule has 1 fully saturated rings. The second kappa shape index (κ2) is 9.99. The van der Waals surface area contributed by atoms with E-state index in [4.69, 9.17) is 4.99 Å². The molecule has 2 N–H and O–H groups in total. The number of imidazole rings is 1. The van der Waals surface area contributed by atoms with Crippen molar-refractivity contribution in [2.75, 3.05) is 0 Å². The Balaban J connectivity index is 1.53. The summed E-state index contributed by atoms with van der Waals surface area (Å²) in [4.78, 5) is 4.98. The summed E-state index contributed by atoms with van der Waals surface area (Å²) < 4.78 is 31.3. The smallest absolute Gasteiger partial charge is 0.248 e. The average molecular weight is 492 g/mol. The molecule has 1 aliphatic carbocycles. The van der Waals surface area contributed by atoms with E-state index in [-0.39, 0.29) is 32.0 Å². The minimum atomic E-state index is -2.53. The Kier molecular flexibility index (Phi) is 6.77. The molecular formula is C29H31F2N3O2. The Hall–Kier alpha value is -3.29. The fraction of sp³-hybridized carbons (Fsp3) is 0.345. The van der Waals surface area contributed by atoms with Gasteiger partial charge in [0.05, 0.1) is 36.5 Å². The summed E-state index contributed by atoms with van der Waals surface area (Å²) >= 11 is 0. The van der Waals surface area contributed by atoms with Crippen LogP contribution in [0, 0.1) is 0 Å². The molecule has 0 radical (unpaired) electrons. The normalized spacial score (nSPS) is 16.6. The number of hydrogen-bond donors (Lipinski definition) is 2. The van der Waals surface area contributed by atoms with Crippen molar-refractivity contribution in [2.45, 2.75) is 57.3 Å². The van der Waals surface area contributed by atoms with Gasteiger partial charge in [0.1, 0.15) is 0 Å². The zero-order valence-electron chi connectivity index (χ0n) is 20.4. The first-order valence-electron chi connectivity index (χ1n) is 12.4. The molecule has 0 aliphatic heterocycles. The third-order valence-electron chi connectivity index (χ3n) is 7.27. The van der Waals surface area contributed by atoms with Crippen LogP contribution >= 0.6 is 0 Å². The molecule has 0 amide bonds. The summed E-state index contributed by atoms with van der Waals surface area (Å²) in [5, 5.41) is 19.1. The average Bonchev–Trinajstić information content (AvgIpc) is 3.15. The molecule has 0 atom stereocenters. The van der Waals surface area contributed by atoms with E-state index in [0.29, 0.717) is 19.4 Å². The third kappa shape index (κ3) is 4.99. The van der Waals surface area contributed by atoms with Gasteiger partial charge < -0.3 is 19.3 Å². The number of hydrogen-bond acceptors (Lipinski definition) is 3. The molecule has 0 bridgehead atoms. The van der Waals surface area contributed by atoms with Crippen molar-refractivity contribution in [2.24, 2.45) is 12.0 Å². The minimum absolute atomic E-state index is 0.00140. The van der Waals surface area contributed by atoms with Crippen molar-refractivity contribution >= 4 is 16.7 Å². The van der Waals surface area contributed by atoms with Gasteiger partial charge in [-0.3, -0.25) is 0 Å². The van der Waals surface area contributed by atoms with Gasteiger partial charge in [-0.15, -0.1) is 0 Å². The second-order valence-electron chi connectivity index (χ2n) is 9.73. The maximum Gasteiger partial charge on any atom is 0.248 e. The molecule has 0 unspecified atom stereocenters. The summed E-state index contributed by atoms with van der Waals surface area (Å²) in [6.45, 7) is 0.531. The van der Waals surface area contributed by atoms with Gasteiger partial charge in [0, 0.05) is 19.9 Å². The number of halogens is 2. The topological polar surface area (TPSA) is 62.7 Å². The fourth-order valence-corrected chi connectivity index (χ4v) is 5.10. The van der Waals surface area contributed by atoms with Crippen LogP contribution in [-0.2, 0) is 26.8 Å². The van der Waals surface area contributed by atoms with E-state index >= 15 is 0 Å². The van der Waals surface area contributed by atoms with Crippen molar-refractivity contribution in [3.63, 3.8) is 0 Å². The van der Waals surface area contributed by atoms with Gasteiger partial charge in [0.2, 0.25) is 11.5 Å². The maximum absolute atomic E-state index is 13.6. The van der Waals surface area contributed by atoms with Gasteiger partial charge in [-0.25, -0.2) is 13.8 Å². The maximum atomic E-state index is 13.6. The van der Waals surface area contributed by atoms with E-state index in [1.807, 2.05) is 78.3 Å². The fourth-order valence-electron chi connectivity index (χ4n) is 5.10. The van der Waals surface area contributed by atoms with Crippen LogP contribution < -0.4 is 5.62 Å². The van der Waals surface area contributed by atoms with Crippen LogP contribution in [0.4, 0.5) is 14.5 Å². The summed E-state index contributed by atoms with van der Waals surface area (Å²) in [7, 11) is 1.97. The van der Waals surface area contributed by atoms with Gasteiger partial charge >= 0.3 is 0 Å². The van der Waals surface area contributed by atoms with Crippen LogP contribution in [0.25, 0.3) is 11.0 Å². The van der Waals surface area contributed by atoms with Crippen LogP contribution in [-0.4, -0.2) is 25.3 Å². The molecule has 1 heterocycles. The van der Waals surface area contributed by atoms with Crippen molar-refractivity contribution in [1.82, 2.24) is 9.13 Å². The zero-order chi connectivity index (χ0) is 25.3. The molecule has 36 heavy (non-hydrogen) atoms. The van der Waals surface area contributed by atoms with Crippen LogP contribution in [0.1, 0.15) is 53.9 Å². The van der Waals surface area contributed by atoms with Crippen molar-refractivity contribution in [3.05, 3.63) is 94.6 Å². The number of aliphatic hydroxyl groups is 2. The van der Waals surface area contributed by atoms with Gasteiger partial charge in [-0.05, 0) is 65.3 Å². The Morgan fingerprint density at radius 2 is 1.44 bits per heavy atom. The molecule has 188 valence electrons. The van der Waals surface area contributed by atoms with Gasteiger partial charge in [-0.1, -0.05) is 42.5 Å². The third-order valence-corrected chi connectivity index (χ3v) is 7.27. The number of nitrogens with zero attached hydrogens (tertiary/aromatic N) is 3. The number of alkyl halides is 2. The molecule has 1 saturated carbocycles. The zero-order valence-corrected chi connectivity index (χ0v) is 20.4. The highest BCUT2D eigenvalue weighted by Gasteiger charge is 2.35. The quantitative estimate of drug-likeness (QED) is 0.372. The Morgan fingerprint density at radius 1 is 0.833 bits per heavy atom. The highest BCUT2D eigenvalue weighted by molar-refractivity contribution is 5.77. The molecule has 4 aromatic rings. The van der Waals surface area contributed by atoms with Crippen LogP contribution in [0.2, 0.25) is 0 Å². The molecular weight excluding hydrogens is 460 g/mol. The summed E-state index contributed by atoms with van der Waals surface area (Å²) in [6.07, 6.45) is 0.924. The standard InChI is InChI=1S/C29H31F2N3O2/c1-33-26-11-6-22(19-36)16-27(26)34(17-20-2-4-21(18-35)5-3-20)28(33)32-25-9-7-23(8-10-25)24-12-14-29(30,31)15-13-24/h2-11,16,24,35-36H,12-15,17-19H2,1H3.